The van der Waals surface area contributed by atoms with Gasteiger partial charge in [0.05, 0.1) is 15.8 Å². The van der Waals surface area contributed by atoms with E-state index in [9.17, 15) is 8.42 Å². The second-order valence-corrected chi connectivity index (χ2v) is 11.0. The molecule has 1 aliphatic rings. The molecule has 0 spiro atoms. The van der Waals surface area contributed by atoms with Crippen LogP contribution in [0.2, 0.25) is 0 Å². The first-order chi connectivity index (χ1) is 13.4. The lowest BCUT2D eigenvalue weighted by atomic mass is 10.1. The van der Waals surface area contributed by atoms with E-state index in [2.05, 4.69) is 57.4 Å². The van der Waals surface area contributed by atoms with Crippen LogP contribution in [0.4, 0.5) is 5.13 Å². The zero-order valence-electron chi connectivity index (χ0n) is 15.5. The molecule has 0 N–H and O–H groups in total. The minimum Gasteiger partial charge on any atom is -0.348 e. The van der Waals surface area contributed by atoms with Gasteiger partial charge in [0.2, 0.25) is 0 Å². The maximum Gasteiger partial charge on any atom is 0.185 e. The van der Waals surface area contributed by atoms with Crippen LogP contribution in [0.25, 0.3) is 11.3 Å². The lowest BCUT2D eigenvalue weighted by molar-refractivity contribution is 0.529. The summed E-state index contributed by atoms with van der Waals surface area (Å²) < 4.78 is 26.7. The molecular formula is C21H21BrN2O2S2. The third-order valence-electron chi connectivity index (χ3n) is 5.13. The minimum atomic E-state index is -3.29. The molecule has 1 aromatic heterocycles. The number of aryl methyl sites for hydroxylation is 1. The first-order valence-electron chi connectivity index (χ1n) is 9.20. The van der Waals surface area contributed by atoms with Crippen molar-refractivity contribution in [2.75, 3.05) is 18.0 Å². The lowest BCUT2D eigenvalue weighted by Gasteiger charge is -2.31. The summed E-state index contributed by atoms with van der Waals surface area (Å²) in [5.41, 5.74) is 3.32. The number of benzene rings is 2. The van der Waals surface area contributed by atoms with Gasteiger partial charge in [-0.2, -0.15) is 0 Å². The van der Waals surface area contributed by atoms with Crippen LogP contribution in [0.5, 0.6) is 0 Å². The Morgan fingerprint density at radius 2 is 1.68 bits per heavy atom. The second kappa shape index (κ2) is 7.97. The van der Waals surface area contributed by atoms with Gasteiger partial charge in [-0.25, -0.2) is 13.4 Å². The largest absolute Gasteiger partial charge is 0.348 e. The number of halogens is 1. The van der Waals surface area contributed by atoms with E-state index in [0.29, 0.717) is 30.8 Å². The number of aromatic nitrogens is 1. The number of anilines is 1. The number of hydrogen-bond donors (Lipinski definition) is 0. The number of rotatable bonds is 4. The fraction of sp³-hybridized carbons (Fsp3) is 0.286. The molecule has 0 aliphatic carbocycles. The molecule has 1 saturated heterocycles. The first-order valence-corrected chi connectivity index (χ1v) is 12.4. The number of thiazole rings is 1. The Labute approximate surface area is 178 Å². The van der Waals surface area contributed by atoms with Crippen molar-refractivity contribution in [2.24, 2.45) is 0 Å². The SMILES string of the molecule is Cc1ccc(-c2csc(N3CCC(S(=O)(=O)c4ccc(Br)cc4)CC3)n2)cc1. The summed E-state index contributed by atoms with van der Waals surface area (Å²) in [6, 6.07) is 15.3. The van der Waals surface area contributed by atoms with Gasteiger partial charge < -0.3 is 4.90 Å². The molecule has 0 bridgehead atoms. The fourth-order valence-corrected chi connectivity index (χ4v) is 6.33. The summed E-state index contributed by atoms with van der Waals surface area (Å²) in [6.07, 6.45) is 1.25. The van der Waals surface area contributed by atoms with Gasteiger partial charge in [0.25, 0.3) is 0 Å². The highest BCUT2D eigenvalue weighted by atomic mass is 79.9. The maximum absolute atomic E-state index is 12.9. The van der Waals surface area contributed by atoms with Crippen molar-refractivity contribution in [3.63, 3.8) is 0 Å². The van der Waals surface area contributed by atoms with Crippen LogP contribution in [0.1, 0.15) is 18.4 Å². The molecule has 2 heterocycles. The van der Waals surface area contributed by atoms with Crippen molar-refractivity contribution in [1.82, 2.24) is 4.98 Å². The minimum absolute atomic E-state index is 0.332. The Morgan fingerprint density at radius 3 is 2.32 bits per heavy atom. The van der Waals surface area contributed by atoms with Gasteiger partial charge in [-0.15, -0.1) is 11.3 Å². The molecule has 1 aliphatic heterocycles. The Balaban J connectivity index is 1.44. The standard InChI is InChI=1S/C21H21BrN2O2S2/c1-15-2-4-16(5-3-15)20-14-27-21(23-20)24-12-10-19(11-13-24)28(25,26)18-8-6-17(22)7-9-18/h2-9,14,19H,10-13H2,1H3. The first kappa shape index (κ1) is 19.6. The van der Waals surface area contributed by atoms with Gasteiger partial charge in [0.1, 0.15) is 0 Å². The monoisotopic (exact) mass is 476 g/mol. The highest BCUT2D eigenvalue weighted by Gasteiger charge is 2.32. The van der Waals surface area contributed by atoms with Gasteiger partial charge in [-0.3, -0.25) is 0 Å². The van der Waals surface area contributed by atoms with Crippen LogP contribution in [0.3, 0.4) is 0 Å². The molecular weight excluding hydrogens is 456 g/mol. The molecule has 4 nitrogen and oxygen atoms in total. The van der Waals surface area contributed by atoms with Crippen molar-refractivity contribution in [3.05, 3.63) is 63.9 Å². The highest BCUT2D eigenvalue weighted by Crippen LogP contribution is 2.32. The number of nitrogens with zero attached hydrogens (tertiary/aromatic N) is 2. The topological polar surface area (TPSA) is 50.3 Å². The van der Waals surface area contributed by atoms with E-state index < -0.39 is 9.84 Å². The molecule has 0 atom stereocenters. The molecule has 146 valence electrons. The summed E-state index contributed by atoms with van der Waals surface area (Å²) >= 11 is 4.98. The van der Waals surface area contributed by atoms with Crippen LogP contribution in [0, 0.1) is 6.92 Å². The maximum atomic E-state index is 12.9. The summed E-state index contributed by atoms with van der Waals surface area (Å²) in [6.45, 7) is 3.49. The molecule has 4 rings (SSSR count). The van der Waals surface area contributed by atoms with Crippen LogP contribution in [0.15, 0.2) is 63.3 Å². The van der Waals surface area contributed by atoms with Gasteiger partial charge >= 0.3 is 0 Å². The molecule has 0 amide bonds. The van der Waals surface area contributed by atoms with Crippen LogP contribution >= 0.6 is 27.3 Å². The predicted molar refractivity (Wildman–Crippen MR) is 119 cm³/mol. The molecule has 7 heteroatoms. The van der Waals surface area contributed by atoms with Crippen molar-refractivity contribution in [1.29, 1.82) is 0 Å². The predicted octanol–water partition coefficient (Wildman–Crippen LogP) is 5.32. The zero-order valence-corrected chi connectivity index (χ0v) is 18.7. The summed E-state index contributed by atoms with van der Waals surface area (Å²) in [5.74, 6) is 0. The summed E-state index contributed by atoms with van der Waals surface area (Å²) in [7, 11) is -3.29. The van der Waals surface area contributed by atoms with Crippen molar-refractivity contribution < 1.29 is 8.42 Å². The number of hydrogen-bond acceptors (Lipinski definition) is 5. The van der Waals surface area contributed by atoms with E-state index in [-0.39, 0.29) is 5.25 Å². The Hall–Kier alpha value is -1.70. The van der Waals surface area contributed by atoms with E-state index in [4.69, 9.17) is 4.98 Å². The fourth-order valence-electron chi connectivity index (χ4n) is 3.44. The van der Waals surface area contributed by atoms with E-state index in [1.807, 2.05) is 0 Å². The Kier molecular flexibility index (Phi) is 5.58. The zero-order chi connectivity index (χ0) is 19.7. The highest BCUT2D eigenvalue weighted by molar-refractivity contribution is 9.10. The Bertz CT molecular complexity index is 1050. The van der Waals surface area contributed by atoms with Crippen molar-refractivity contribution in [2.45, 2.75) is 29.9 Å². The van der Waals surface area contributed by atoms with Gasteiger partial charge in [-0.1, -0.05) is 45.8 Å². The van der Waals surface area contributed by atoms with E-state index in [0.717, 1.165) is 20.9 Å². The average Bonchev–Trinajstić information content (AvgIpc) is 3.19. The van der Waals surface area contributed by atoms with Gasteiger partial charge in [-0.05, 0) is 44.0 Å². The summed E-state index contributed by atoms with van der Waals surface area (Å²) in [5, 5.41) is 2.71. The van der Waals surface area contributed by atoms with Crippen LogP contribution < -0.4 is 4.90 Å². The number of piperidine rings is 1. The number of sulfone groups is 1. The molecule has 28 heavy (non-hydrogen) atoms. The normalized spacial score (nSPS) is 15.7. The molecule has 3 aromatic rings. The summed E-state index contributed by atoms with van der Waals surface area (Å²) in [4.78, 5) is 7.39. The van der Waals surface area contributed by atoms with E-state index >= 15 is 0 Å². The molecule has 1 fully saturated rings. The van der Waals surface area contributed by atoms with Gasteiger partial charge in [0, 0.05) is 28.5 Å². The Morgan fingerprint density at radius 1 is 1.04 bits per heavy atom. The third-order valence-corrected chi connectivity index (χ3v) is 8.84. The average molecular weight is 477 g/mol. The van der Waals surface area contributed by atoms with E-state index in [1.54, 1.807) is 35.6 Å². The molecule has 0 saturated carbocycles. The van der Waals surface area contributed by atoms with Crippen LogP contribution in [-0.2, 0) is 9.84 Å². The van der Waals surface area contributed by atoms with E-state index in [1.165, 1.54) is 5.56 Å². The molecule has 0 unspecified atom stereocenters. The van der Waals surface area contributed by atoms with Crippen LogP contribution in [-0.4, -0.2) is 31.7 Å². The van der Waals surface area contributed by atoms with Crippen molar-refractivity contribution in [3.8, 4) is 11.3 Å². The lowest BCUT2D eigenvalue weighted by Crippen LogP contribution is -2.39. The molecule has 0 radical (unpaired) electrons. The molecule has 2 aromatic carbocycles. The second-order valence-electron chi connectivity index (χ2n) is 7.07. The quantitative estimate of drug-likeness (QED) is 0.510. The van der Waals surface area contributed by atoms with Gasteiger partial charge in [0.15, 0.2) is 15.0 Å². The smallest absolute Gasteiger partial charge is 0.185 e. The third kappa shape index (κ3) is 4.02. The van der Waals surface area contributed by atoms with Crippen molar-refractivity contribution >= 4 is 42.2 Å².